The van der Waals surface area contributed by atoms with Crippen LogP contribution in [0.3, 0.4) is 0 Å². The summed E-state index contributed by atoms with van der Waals surface area (Å²) in [6, 6.07) is 4.38. The van der Waals surface area contributed by atoms with Gasteiger partial charge in [-0.05, 0) is 12.0 Å². The number of anilines is 2. The number of nitrogens with one attached hydrogen (secondary N) is 1. The molecule has 6 heteroatoms. The Hall–Kier alpha value is -1.82. The standard InChI is InChI=1S/C12H19N3O3/c1-9(2)8-18-6-5-14-12-4-3-10(15(16)17)7-11(12)13/h3-4,7,9,14H,5-6,8,13H2,1-2H3. The Labute approximate surface area is 106 Å². The quantitative estimate of drug-likeness (QED) is 0.336. The molecule has 0 spiro atoms. The molecule has 0 radical (unpaired) electrons. The van der Waals surface area contributed by atoms with Crippen molar-refractivity contribution in [3.8, 4) is 0 Å². The second-order valence-corrected chi connectivity index (χ2v) is 4.42. The first-order chi connectivity index (χ1) is 8.50. The molecule has 0 fully saturated rings. The van der Waals surface area contributed by atoms with Gasteiger partial charge in [-0.15, -0.1) is 0 Å². The third-order valence-electron chi connectivity index (χ3n) is 2.26. The highest BCUT2D eigenvalue weighted by Crippen LogP contribution is 2.23. The van der Waals surface area contributed by atoms with Crippen LogP contribution in [0.25, 0.3) is 0 Å². The minimum Gasteiger partial charge on any atom is -0.397 e. The molecule has 0 amide bonds. The van der Waals surface area contributed by atoms with E-state index in [1.165, 1.54) is 12.1 Å². The lowest BCUT2D eigenvalue weighted by Gasteiger charge is -2.10. The maximum Gasteiger partial charge on any atom is 0.271 e. The van der Waals surface area contributed by atoms with Crippen LogP contribution in [0.5, 0.6) is 0 Å². The molecule has 0 bridgehead atoms. The summed E-state index contributed by atoms with van der Waals surface area (Å²) in [7, 11) is 0. The molecule has 18 heavy (non-hydrogen) atoms. The molecule has 0 atom stereocenters. The van der Waals surface area contributed by atoms with Crippen LogP contribution in [-0.4, -0.2) is 24.7 Å². The van der Waals surface area contributed by atoms with Gasteiger partial charge in [0, 0.05) is 25.3 Å². The maximum atomic E-state index is 10.5. The number of benzene rings is 1. The van der Waals surface area contributed by atoms with Gasteiger partial charge in [0.2, 0.25) is 0 Å². The Morgan fingerprint density at radius 1 is 1.50 bits per heavy atom. The Balaban J connectivity index is 2.41. The van der Waals surface area contributed by atoms with E-state index in [9.17, 15) is 10.1 Å². The maximum absolute atomic E-state index is 10.5. The molecule has 0 unspecified atom stereocenters. The fraction of sp³-hybridized carbons (Fsp3) is 0.500. The van der Waals surface area contributed by atoms with Crippen LogP contribution in [0.2, 0.25) is 0 Å². The molecule has 0 aromatic heterocycles. The van der Waals surface area contributed by atoms with E-state index >= 15 is 0 Å². The number of nitrogen functional groups attached to an aromatic ring is 1. The molecule has 0 aliphatic heterocycles. The SMILES string of the molecule is CC(C)COCCNc1ccc([N+](=O)[O-])cc1N. The van der Waals surface area contributed by atoms with Gasteiger partial charge < -0.3 is 15.8 Å². The molecule has 0 aliphatic rings. The Morgan fingerprint density at radius 3 is 2.78 bits per heavy atom. The molecule has 1 aromatic rings. The second kappa shape index (κ2) is 6.80. The summed E-state index contributed by atoms with van der Waals surface area (Å²) in [6.07, 6.45) is 0. The summed E-state index contributed by atoms with van der Waals surface area (Å²) in [5.41, 5.74) is 6.77. The van der Waals surface area contributed by atoms with Crippen LogP contribution < -0.4 is 11.1 Å². The van der Waals surface area contributed by atoms with E-state index in [0.29, 0.717) is 30.4 Å². The Bertz CT molecular complexity index is 408. The smallest absolute Gasteiger partial charge is 0.271 e. The third-order valence-corrected chi connectivity index (χ3v) is 2.26. The van der Waals surface area contributed by atoms with Gasteiger partial charge in [0.05, 0.1) is 22.9 Å². The van der Waals surface area contributed by atoms with Crippen molar-refractivity contribution >= 4 is 17.1 Å². The van der Waals surface area contributed by atoms with Gasteiger partial charge in [-0.3, -0.25) is 10.1 Å². The number of nitro groups is 1. The summed E-state index contributed by atoms with van der Waals surface area (Å²) in [4.78, 5) is 10.1. The van der Waals surface area contributed by atoms with Gasteiger partial charge in [0.1, 0.15) is 0 Å². The fourth-order valence-electron chi connectivity index (χ4n) is 1.40. The number of nitro benzene ring substituents is 1. The van der Waals surface area contributed by atoms with E-state index in [1.807, 2.05) is 0 Å². The molecule has 0 aliphatic carbocycles. The van der Waals surface area contributed by atoms with Crippen LogP contribution >= 0.6 is 0 Å². The summed E-state index contributed by atoms with van der Waals surface area (Å²) >= 11 is 0. The highest BCUT2D eigenvalue weighted by Gasteiger charge is 2.08. The van der Waals surface area contributed by atoms with Gasteiger partial charge in [0.25, 0.3) is 5.69 Å². The highest BCUT2D eigenvalue weighted by molar-refractivity contribution is 5.69. The molecule has 100 valence electrons. The van der Waals surface area contributed by atoms with E-state index in [-0.39, 0.29) is 5.69 Å². The summed E-state index contributed by atoms with van der Waals surface area (Å²) < 4.78 is 5.41. The average molecular weight is 253 g/mol. The number of ether oxygens (including phenoxy) is 1. The number of nitrogens with two attached hydrogens (primary N) is 1. The molecular weight excluding hydrogens is 234 g/mol. The van der Waals surface area contributed by atoms with Crippen LogP contribution in [-0.2, 0) is 4.74 Å². The van der Waals surface area contributed by atoms with E-state index in [4.69, 9.17) is 10.5 Å². The Morgan fingerprint density at radius 2 is 2.22 bits per heavy atom. The van der Waals surface area contributed by atoms with Crippen molar-refractivity contribution < 1.29 is 9.66 Å². The summed E-state index contributed by atoms with van der Waals surface area (Å²) in [5, 5.41) is 13.6. The number of nitrogens with zero attached hydrogens (tertiary/aromatic N) is 1. The van der Waals surface area contributed by atoms with Crippen molar-refractivity contribution in [1.29, 1.82) is 0 Å². The van der Waals surface area contributed by atoms with Gasteiger partial charge in [0.15, 0.2) is 0 Å². The number of hydrogen-bond donors (Lipinski definition) is 2. The lowest BCUT2D eigenvalue weighted by Crippen LogP contribution is -2.13. The normalized spacial score (nSPS) is 10.6. The zero-order valence-electron chi connectivity index (χ0n) is 10.7. The monoisotopic (exact) mass is 253 g/mol. The van der Waals surface area contributed by atoms with Crippen molar-refractivity contribution in [2.45, 2.75) is 13.8 Å². The van der Waals surface area contributed by atoms with Crippen molar-refractivity contribution in [1.82, 2.24) is 0 Å². The molecule has 6 nitrogen and oxygen atoms in total. The van der Waals surface area contributed by atoms with E-state index in [0.717, 1.165) is 6.61 Å². The first-order valence-electron chi connectivity index (χ1n) is 5.86. The van der Waals surface area contributed by atoms with Crippen molar-refractivity contribution in [2.75, 3.05) is 30.8 Å². The van der Waals surface area contributed by atoms with Crippen LogP contribution in [0.1, 0.15) is 13.8 Å². The van der Waals surface area contributed by atoms with Gasteiger partial charge >= 0.3 is 0 Å². The fourth-order valence-corrected chi connectivity index (χ4v) is 1.40. The van der Waals surface area contributed by atoms with Crippen molar-refractivity contribution in [3.63, 3.8) is 0 Å². The largest absolute Gasteiger partial charge is 0.397 e. The number of hydrogen-bond acceptors (Lipinski definition) is 5. The zero-order chi connectivity index (χ0) is 13.5. The molecule has 0 saturated heterocycles. The number of rotatable bonds is 7. The first-order valence-corrected chi connectivity index (χ1v) is 5.86. The third kappa shape index (κ3) is 4.58. The molecule has 1 rings (SSSR count). The van der Waals surface area contributed by atoms with Crippen molar-refractivity contribution in [3.05, 3.63) is 28.3 Å². The lowest BCUT2D eigenvalue weighted by atomic mass is 10.2. The molecule has 0 heterocycles. The molecule has 0 saturated carbocycles. The summed E-state index contributed by atoms with van der Waals surface area (Å²) in [5.74, 6) is 0.509. The van der Waals surface area contributed by atoms with Crippen LogP contribution in [0.15, 0.2) is 18.2 Å². The zero-order valence-corrected chi connectivity index (χ0v) is 10.7. The minimum atomic E-state index is -0.466. The average Bonchev–Trinajstić information content (AvgIpc) is 2.29. The van der Waals surface area contributed by atoms with E-state index in [2.05, 4.69) is 19.2 Å². The number of non-ortho nitro benzene ring substituents is 1. The molecule has 3 N–H and O–H groups in total. The molecule has 1 aromatic carbocycles. The first kappa shape index (κ1) is 14.2. The summed E-state index contributed by atoms with van der Waals surface area (Å²) in [6.45, 7) is 6.09. The van der Waals surface area contributed by atoms with Gasteiger partial charge in [-0.2, -0.15) is 0 Å². The predicted molar refractivity (Wildman–Crippen MR) is 71.7 cm³/mol. The highest BCUT2D eigenvalue weighted by atomic mass is 16.6. The van der Waals surface area contributed by atoms with Gasteiger partial charge in [-0.25, -0.2) is 0 Å². The Kier molecular flexibility index (Phi) is 5.38. The second-order valence-electron chi connectivity index (χ2n) is 4.42. The van der Waals surface area contributed by atoms with Gasteiger partial charge in [-0.1, -0.05) is 13.8 Å². The molecular formula is C12H19N3O3. The van der Waals surface area contributed by atoms with Crippen LogP contribution in [0.4, 0.5) is 17.1 Å². The van der Waals surface area contributed by atoms with E-state index < -0.39 is 4.92 Å². The minimum absolute atomic E-state index is 0.00546. The van der Waals surface area contributed by atoms with E-state index in [1.54, 1.807) is 6.07 Å². The topological polar surface area (TPSA) is 90.4 Å². The van der Waals surface area contributed by atoms with Crippen LogP contribution in [0, 0.1) is 16.0 Å². The predicted octanol–water partition coefficient (Wildman–Crippen LogP) is 2.26. The lowest BCUT2D eigenvalue weighted by molar-refractivity contribution is -0.384. The van der Waals surface area contributed by atoms with Crippen molar-refractivity contribution in [2.24, 2.45) is 5.92 Å².